The van der Waals surface area contributed by atoms with E-state index in [9.17, 15) is 4.79 Å². The highest BCUT2D eigenvalue weighted by atomic mass is 32.2. The van der Waals surface area contributed by atoms with Gasteiger partial charge in [0.15, 0.2) is 11.0 Å². The zero-order chi connectivity index (χ0) is 21.1. The van der Waals surface area contributed by atoms with E-state index in [1.165, 1.54) is 5.56 Å². The average molecular weight is 422 g/mol. The number of likely N-dealkylation sites (tertiary alicyclic amines) is 1. The van der Waals surface area contributed by atoms with Gasteiger partial charge < -0.3 is 14.4 Å². The molecule has 0 radical (unpaired) electrons. The van der Waals surface area contributed by atoms with E-state index in [1.54, 1.807) is 11.8 Å². The Hall–Kier alpha value is -2.80. The molecule has 1 unspecified atom stereocenters. The van der Waals surface area contributed by atoms with Gasteiger partial charge in [-0.05, 0) is 42.7 Å². The Morgan fingerprint density at radius 2 is 1.83 bits per heavy atom. The van der Waals surface area contributed by atoms with E-state index in [-0.39, 0.29) is 11.9 Å². The normalized spacial score (nSPS) is 16.1. The van der Waals surface area contributed by atoms with Crippen LogP contribution >= 0.6 is 11.8 Å². The third-order valence-electron chi connectivity index (χ3n) is 5.52. The van der Waals surface area contributed by atoms with Crippen LogP contribution in [-0.4, -0.2) is 46.2 Å². The number of thioether (sulfide) groups is 1. The molecule has 0 spiro atoms. The van der Waals surface area contributed by atoms with Crippen molar-refractivity contribution < 1.29 is 4.79 Å². The first-order valence-corrected chi connectivity index (χ1v) is 11.2. The number of hydrogen-bond acceptors (Lipinski definition) is 5. The van der Waals surface area contributed by atoms with Crippen LogP contribution < -0.4 is 4.90 Å². The predicted molar refractivity (Wildman–Crippen MR) is 121 cm³/mol. The lowest BCUT2D eigenvalue weighted by Gasteiger charge is -2.24. The molecule has 1 aromatic heterocycles. The summed E-state index contributed by atoms with van der Waals surface area (Å²) in [5.41, 5.74) is 3.05. The van der Waals surface area contributed by atoms with E-state index in [0.717, 1.165) is 41.8 Å². The summed E-state index contributed by atoms with van der Waals surface area (Å²) < 4.78 is 2.04. The summed E-state index contributed by atoms with van der Waals surface area (Å²) in [4.78, 5) is 17.2. The van der Waals surface area contributed by atoms with Gasteiger partial charge in [0.1, 0.15) is 0 Å². The first kappa shape index (κ1) is 20.5. The van der Waals surface area contributed by atoms with Gasteiger partial charge in [-0.2, -0.15) is 0 Å². The molecule has 1 aliphatic heterocycles. The summed E-state index contributed by atoms with van der Waals surface area (Å²) >= 11 is 1.67. The SMILES string of the molecule is CN(C)c1ccc(C(=O)N2CCCC2c2nnc(SCc3ccccc3)n2C)cc1. The van der Waals surface area contributed by atoms with Crippen molar-refractivity contribution in [1.82, 2.24) is 19.7 Å². The highest BCUT2D eigenvalue weighted by molar-refractivity contribution is 7.98. The smallest absolute Gasteiger partial charge is 0.254 e. The Labute approximate surface area is 181 Å². The fraction of sp³-hybridized carbons (Fsp3) is 0.348. The van der Waals surface area contributed by atoms with Gasteiger partial charge in [-0.3, -0.25) is 4.79 Å². The van der Waals surface area contributed by atoms with Gasteiger partial charge in [0.2, 0.25) is 0 Å². The first-order valence-electron chi connectivity index (χ1n) is 10.2. The number of rotatable bonds is 6. The van der Waals surface area contributed by atoms with Crippen LogP contribution in [0.25, 0.3) is 0 Å². The molecule has 30 heavy (non-hydrogen) atoms. The van der Waals surface area contributed by atoms with Crippen molar-refractivity contribution in [1.29, 1.82) is 0 Å². The highest BCUT2D eigenvalue weighted by Gasteiger charge is 2.34. The third-order valence-corrected chi connectivity index (χ3v) is 6.61. The van der Waals surface area contributed by atoms with Crippen LogP contribution in [0.3, 0.4) is 0 Å². The Bertz CT molecular complexity index is 1000. The van der Waals surface area contributed by atoms with Crippen molar-refractivity contribution in [2.24, 2.45) is 7.05 Å². The Balaban J connectivity index is 1.49. The summed E-state index contributed by atoms with van der Waals surface area (Å²) in [6.07, 6.45) is 1.89. The summed E-state index contributed by atoms with van der Waals surface area (Å²) in [6, 6.07) is 18.1. The molecule has 2 heterocycles. The maximum Gasteiger partial charge on any atom is 0.254 e. The molecule has 6 nitrogen and oxygen atoms in total. The molecule has 1 aliphatic rings. The fourth-order valence-electron chi connectivity index (χ4n) is 3.81. The van der Waals surface area contributed by atoms with E-state index in [2.05, 4.69) is 22.3 Å². The molecule has 156 valence electrons. The minimum Gasteiger partial charge on any atom is -0.378 e. The van der Waals surface area contributed by atoms with Crippen molar-refractivity contribution in [3.8, 4) is 0 Å². The lowest BCUT2D eigenvalue weighted by atomic mass is 10.1. The molecule has 0 N–H and O–H groups in total. The van der Waals surface area contributed by atoms with Gasteiger partial charge >= 0.3 is 0 Å². The molecule has 1 fully saturated rings. The zero-order valence-electron chi connectivity index (χ0n) is 17.7. The third kappa shape index (κ3) is 4.21. The molecule has 4 rings (SSSR count). The standard InChI is InChI=1S/C23H27N5OS/c1-26(2)19-13-11-18(12-14-19)22(29)28-15-7-10-20(28)21-24-25-23(27(21)3)30-16-17-8-5-4-6-9-17/h4-6,8-9,11-14,20H,7,10,15-16H2,1-3H3. The molecule has 3 aromatic rings. The van der Waals surface area contributed by atoms with Gasteiger partial charge in [-0.1, -0.05) is 42.1 Å². The van der Waals surface area contributed by atoms with E-state index in [0.29, 0.717) is 5.56 Å². The minimum absolute atomic E-state index is 0.0328. The van der Waals surface area contributed by atoms with Gasteiger partial charge in [0, 0.05) is 44.7 Å². The van der Waals surface area contributed by atoms with Crippen LogP contribution in [0, 0.1) is 0 Å². The van der Waals surface area contributed by atoms with E-state index in [1.807, 2.05) is 78.0 Å². The zero-order valence-corrected chi connectivity index (χ0v) is 18.5. The fourth-order valence-corrected chi connectivity index (χ4v) is 4.68. The minimum atomic E-state index is -0.0328. The molecule has 0 bridgehead atoms. The molecule has 1 saturated heterocycles. The number of amides is 1. The van der Waals surface area contributed by atoms with Crippen LogP contribution in [0.4, 0.5) is 5.69 Å². The van der Waals surface area contributed by atoms with E-state index >= 15 is 0 Å². The van der Waals surface area contributed by atoms with Crippen molar-refractivity contribution in [2.45, 2.75) is 29.8 Å². The topological polar surface area (TPSA) is 54.3 Å². The lowest BCUT2D eigenvalue weighted by molar-refractivity contribution is 0.0727. The van der Waals surface area contributed by atoms with Crippen LogP contribution in [-0.2, 0) is 12.8 Å². The first-order chi connectivity index (χ1) is 14.5. The quantitative estimate of drug-likeness (QED) is 0.560. The second-order valence-electron chi connectivity index (χ2n) is 7.77. The van der Waals surface area contributed by atoms with Crippen LogP contribution in [0.2, 0.25) is 0 Å². The maximum atomic E-state index is 13.2. The van der Waals surface area contributed by atoms with Crippen LogP contribution in [0.15, 0.2) is 59.8 Å². The van der Waals surface area contributed by atoms with Gasteiger partial charge in [0.05, 0.1) is 6.04 Å². The summed E-state index contributed by atoms with van der Waals surface area (Å²) in [5.74, 6) is 1.77. The van der Waals surface area contributed by atoms with E-state index in [4.69, 9.17) is 0 Å². The summed E-state index contributed by atoms with van der Waals surface area (Å²) in [7, 11) is 5.99. The predicted octanol–water partition coefficient (Wildman–Crippen LogP) is 4.15. The van der Waals surface area contributed by atoms with Crippen LogP contribution in [0.1, 0.15) is 40.6 Å². The largest absolute Gasteiger partial charge is 0.378 e. The molecule has 7 heteroatoms. The Morgan fingerprint density at radius 1 is 1.10 bits per heavy atom. The molecule has 1 amide bonds. The molecular formula is C23H27N5OS. The van der Waals surface area contributed by atoms with Crippen molar-refractivity contribution >= 4 is 23.4 Å². The Kier molecular flexibility index (Phi) is 6.08. The maximum absolute atomic E-state index is 13.2. The van der Waals surface area contributed by atoms with Crippen molar-refractivity contribution in [2.75, 3.05) is 25.5 Å². The van der Waals surface area contributed by atoms with E-state index < -0.39 is 0 Å². The number of benzene rings is 2. The number of nitrogens with zero attached hydrogens (tertiary/aromatic N) is 5. The number of carbonyl (C=O) groups is 1. The average Bonchev–Trinajstić information content (AvgIpc) is 3.39. The monoisotopic (exact) mass is 421 g/mol. The number of carbonyl (C=O) groups excluding carboxylic acids is 1. The number of anilines is 1. The number of aromatic nitrogens is 3. The Morgan fingerprint density at radius 3 is 2.53 bits per heavy atom. The van der Waals surface area contributed by atoms with Crippen molar-refractivity contribution in [3.63, 3.8) is 0 Å². The van der Waals surface area contributed by atoms with Crippen molar-refractivity contribution in [3.05, 3.63) is 71.5 Å². The highest BCUT2D eigenvalue weighted by Crippen LogP contribution is 2.34. The van der Waals surface area contributed by atoms with Crippen LogP contribution in [0.5, 0.6) is 0 Å². The second kappa shape index (κ2) is 8.92. The van der Waals surface area contributed by atoms with Gasteiger partial charge in [-0.15, -0.1) is 10.2 Å². The second-order valence-corrected chi connectivity index (χ2v) is 8.71. The molecule has 2 aromatic carbocycles. The van der Waals surface area contributed by atoms with Gasteiger partial charge in [-0.25, -0.2) is 0 Å². The lowest BCUT2D eigenvalue weighted by Crippen LogP contribution is -2.32. The molecule has 1 atom stereocenters. The summed E-state index contributed by atoms with van der Waals surface area (Å²) in [6.45, 7) is 0.748. The summed E-state index contributed by atoms with van der Waals surface area (Å²) in [5, 5.41) is 9.75. The number of hydrogen-bond donors (Lipinski definition) is 0. The molecule has 0 saturated carbocycles. The van der Waals surface area contributed by atoms with Gasteiger partial charge in [0.25, 0.3) is 5.91 Å². The molecule has 0 aliphatic carbocycles. The molecular weight excluding hydrogens is 394 g/mol.